The van der Waals surface area contributed by atoms with Gasteiger partial charge in [0.25, 0.3) is 5.91 Å². The second-order valence-electron chi connectivity index (χ2n) is 10.9. The molecule has 0 N–H and O–H groups in total. The van der Waals surface area contributed by atoms with Crippen LogP contribution in [-0.2, 0) is 11.2 Å². The number of hydrogen-bond acceptors (Lipinski definition) is 3. The van der Waals surface area contributed by atoms with Gasteiger partial charge in [-0.3, -0.25) is 9.59 Å². The van der Waals surface area contributed by atoms with Crippen molar-refractivity contribution >= 4 is 22.7 Å². The summed E-state index contributed by atoms with van der Waals surface area (Å²) >= 11 is 0. The molecule has 2 bridgehead atoms. The van der Waals surface area contributed by atoms with Gasteiger partial charge < -0.3 is 9.80 Å². The van der Waals surface area contributed by atoms with Crippen molar-refractivity contribution in [2.24, 2.45) is 5.41 Å². The van der Waals surface area contributed by atoms with E-state index in [1.54, 1.807) is 6.92 Å². The molecule has 3 aromatic rings. The maximum absolute atomic E-state index is 14.2. The van der Waals surface area contributed by atoms with Gasteiger partial charge in [0.15, 0.2) is 0 Å². The van der Waals surface area contributed by atoms with E-state index in [4.69, 9.17) is 4.98 Å². The molecule has 2 aromatic carbocycles. The van der Waals surface area contributed by atoms with Crippen molar-refractivity contribution in [3.05, 3.63) is 78.0 Å². The molecule has 2 amide bonds. The quantitative estimate of drug-likeness (QED) is 0.529. The molecule has 1 aliphatic carbocycles. The maximum Gasteiger partial charge on any atom is 0.273 e. The van der Waals surface area contributed by atoms with Crippen LogP contribution < -0.4 is 0 Å². The number of fused-ring (bicyclic) bond motifs is 2. The summed E-state index contributed by atoms with van der Waals surface area (Å²) in [6.45, 7) is 4.04. The molecule has 3 fully saturated rings. The summed E-state index contributed by atoms with van der Waals surface area (Å²) in [6.07, 6.45) is 5.91. The Morgan fingerprint density at radius 1 is 0.914 bits per heavy atom. The molecule has 5 heteroatoms. The predicted octanol–water partition coefficient (Wildman–Crippen LogP) is 5.24. The number of rotatable bonds is 3. The number of pyridine rings is 1. The zero-order valence-corrected chi connectivity index (χ0v) is 20.6. The Morgan fingerprint density at radius 2 is 1.60 bits per heavy atom. The molecule has 6 rings (SSSR count). The van der Waals surface area contributed by atoms with Crippen LogP contribution in [-0.4, -0.2) is 50.8 Å². The largest absolute Gasteiger partial charge is 0.334 e. The number of carbonyl (C=O) groups is 2. The highest BCUT2D eigenvalue weighted by molar-refractivity contribution is 5.95. The van der Waals surface area contributed by atoms with E-state index in [1.165, 1.54) is 5.56 Å². The number of hydrogen-bond donors (Lipinski definition) is 0. The summed E-state index contributed by atoms with van der Waals surface area (Å²) in [5, 5.41) is 1.04. The van der Waals surface area contributed by atoms with E-state index < -0.39 is 0 Å². The molecule has 1 saturated carbocycles. The summed E-state index contributed by atoms with van der Waals surface area (Å²) in [4.78, 5) is 36.5. The topological polar surface area (TPSA) is 53.5 Å². The average Bonchev–Trinajstić information content (AvgIpc) is 3.02. The Morgan fingerprint density at radius 3 is 2.34 bits per heavy atom. The standard InChI is InChI=1S/C30H33N3O2/c1-20(34)32-25(18-21-10-4-3-5-11-21)26-19-30(2)27(32)14-8-9-15-28(30)33(26)29(35)24-17-16-22-12-6-7-13-23(22)31-24/h3-7,10-13,16-17,25-28H,8-9,14-15,18-19H2,1-2H3/t25-,26-,27+,28-,30+/m0/s1. The van der Waals surface area contributed by atoms with Gasteiger partial charge >= 0.3 is 0 Å². The van der Waals surface area contributed by atoms with Crippen LogP contribution in [0.15, 0.2) is 66.7 Å². The van der Waals surface area contributed by atoms with Crippen LogP contribution in [0.1, 0.15) is 62.0 Å². The summed E-state index contributed by atoms with van der Waals surface area (Å²) in [6, 6.07) is 22.5. The van der Waals surface area contributed by atoms with E-state index in [1.807, 2.05) is 42.5 Å². The number of benzene rings is 2. The van der Waals surface area contributed by atoms with Crippen LogP contribution >= 0.6 is 0 Å². The molecular formula is C30H33N3O2. The van der Waals surface area contributed by atoms with Gasteiger partial charge in [0.1, 0.15) is 5.69 Å². The lowest BCUT2D eigenvalue weighted by molar-refractivity contribution is -0.141. The van der Waals surface area contributed by atoms with Crippen molar-refractivity contribution < 1.29 is 9.59 Å². The molecule has 35 heavy (non-hydrogen) atoms. The number of piperidine rings is 1. The minimum absolute atomic E-state index is 0.00998. The Balaban J connectivity index is 1.45. The van der Waals surface area contributed by atoms with E-state index >= 15 is 0 Å². The van der Waals surface area contributed by atoms with Crippen molar-refractivity contribution in [1.29, 1.82) is 0 Å². The second kappa shape index (κ2) is 8.47. The summed E-state index contributed by atoms with van der Waals surface area (Å²) < 4.78 is 0. The first-order chi connectivity index (χ1) is 17.0. The molecule has 0 unspecified atom stereocenters. The predicted molar refractivity (Wildman–Crippen MR) is 137 cm³/mol. The third-order valence-corrected chi connectivity index (χ3v) is 8.91. The van der Waals surface area contributed by atoms with Crippen LogP contribution in [0.5, 0.6) is 0 Å². The van der Waals surface area contributed by atoms with Gasteiger partial charge in [-0.15, -0.1) is 0 Å². The van der Waals surface area contributed by atoms with Gasteiger partial charge in [-0.25, -0.2) is 4.98 Å². The van der Waals surface area contributed by atoms with E-state index in [9.17, 15) is 9.59 Å². The fourth-order valence-corrected chi connectivity index (χ4v) is 7.41. The molecule has 5 atom stereocenters. The third-order valence-electron chi connectivity index (χ3n) is 8.91. The molecule has 1 aromatic heterocycles. The van der Waals surface area contributed by atoms with Crippen LogP contribution in [0.2, 0.25) is 0 Å². The van der Waals surface area contributed by atoms with Gasteiger partial charge in [-0.2, -0.15) is 0 Å². The zero-order chi connectivity index (χ0) is 24.2. The van der Waals surface area contributed by atoms with E-state index in [-0.39, 0.29) is 41.4 Å². The Bertz CT molecular complexity index is 1270. The van der Waals surface area contributed by atoms with Crippen molar-refractivity contribution in [1.82, 2.24) is 14.8 Å². The molecular weight excluding hydrogens is 434 g/mol. The normalized spacial score (nSPS) is 29.8. The van der Waals surface area contributed by atoms with Crippen LogP contribution in [0.3, 0.4) is 0 Å². The average molecular weight is 468 g/mol. The number of likely N-dealkylation sites (tertiary alicyclic amines) is 2. The summed E-state index contributed by atoms with van der Waals surface area (Å²) in [7, 11) is 0. The van der Waals surface area contributed by atoms with E-state index in [0.717, 1.165) is 49.4 Å². The Kier molecular flexibility index (Phi) is 5.39. The third kappa shape index (κ3) is 3.55. The molecule has 0 radical (unpaired) electrons. The van der Waals surface area contributed by atoms with Crippen LogP contribution in [0.4, 0.5) is 0 Å². The number of para-hydroxylation sites is 1. The molecule has 180 valence electrons. The van der Waals surface area contributed by atoms with Crippen molar-refractivity contribution in [2.45, 2.75) is 76.5 Å². The zero-order valence-electron chi connectivity index (χ0n) is 20.6. The Labute approximate surface area is 207 Å². The summed E-state index contributed by atoms with van der Waals surface area (Å²) in [5.74, 6) is 0.143. The Hall–Kier alpha value is -3.21. The maximum atomic E-state index is 14.2. The molecule has 3 aliphatic rings. The molecule has 5 nitrogen and oxygen atoms in total. The SMILES string of the molecule is CC(=O)N1[C@@H](Cc2ccccc2)[C@@H]2C[C@@]3(C)[C@H](CCCC[C@@H]13)N2C(=O)c1ccc2ccccc2n1. The minimum atomic E-state index is -0.0907. The van der Waals surface area contributed by atoms with Crippen LogP contribution in [0, 0.1) is 5.41 Å². The molecule has 2 aliphatic heterocycles. The smallest absolute Gasteiger partial charge is 0.273 e. The van der Waals surface area contributed by atoms with Gasteiger partial charge in [-0.1, -0.05) is 74.4 Å². The molecule has 2 saturated heterocycles. The van der Waals surface area contributed by atoms with E-state index in [2.05, 4.69) is 41.0 Å². The van der Waals surface area contributed by atoms with Gasteiger partial charge in [0.2, 0.25) is 5.91 Å². The lowest BCUT2D eigenvalue weighted by atomic mass is 9.69. The van der Waals surface area contributed by atoms with Crippen LogP contribution in [0.25, 0.3) is 10.9 Å². The number of carbonyl (C=O) groups excluding carboxylic acids is 2. The monoisotopic (exact) mass is 467 g/mol. The van der Waals surface area contributed by atoms with Gasteiger partial charge in [-0.05, 0) is 43.4 Å². The molecule has 0 spiro atoms. The summed E-state index contributed by atoms with van der Waals surface area (Å²) in [5.41, 5.74) is 2.47. The first-order valence-corrected chi connectivity index (χ1v) is 13.0. The van der Waals surface area contributed by atoms with Crippen molar-refractivity contribution in [3.63, 3.8) is 0 Å². The van der Waals surface area contributed by atoms with Gasteiger partial charge in [0, 0.05) is 29.8 Å². The minimum Gasteiger partial charge on any atom is -0.334 e. The fraction of sp³-hybridized carbons (Fsp3) is 0.433. The lowest BCUT2D eigenvalue weighted by Gasteiger charge is -2.50. The highest BCUT2D eigenvalue weighted by Crippen LogP contribution is 2.55. The number of amides is 2. The lowest BCUT2D eigenvalue weighted by Crippen LogP contribution is -2.61. The first-order valence-electron chi connectivity index (χ1n) is 13.0. The van der Waals surface area contributed by atoms with Crippen molar-refractivity contribution in [3.8, 4) is 0 Å². The van der Waals surface area contributed by atoms with Gasteiger partial charge in [0.05, 0.1) is 17.6 Å². The first kappa shape index (κ1) is 22.3. The van der Waals surface area contributed by atoms with Crippen molar-refractivity contribution in [2.75, 3.05) is 0 Å². The highest BCUT2D eigenvalue weighted by atomic mass is 16.2. The number of nitrogens with zero attached hydrogens (tertiary/aromatic N) is 3. The highest BCUT2D eigenvalue weighted by Gasteiger charge is 2.63. The fourth-order valence-electron chi connectivity index (χ4n) is 7.41. The van der Waals surface area contributed by atoms with E-state index in [0.29, 0.717) is 5.69 Å². The number of aromatic nitrogens is 1. The molecule has 3 heterocycles. The second-order valence-corrected chi connectivity index (χ2v) is 10.9.